The van der Waals surface area contributed by atoms with Gasteiger partial charge in [0.15, 0.2) is 0 Å². The summed E-state index contributed by atoms with van der Waals surface area (Å²) in [5.74, 6) is 0. The van der Waals surface area contributed by atoms with E-state index < -0.39 is 0 Å². The lowest BCUT2D eigenvalue weighted by molar-refractivity contribution is 0.180. The number of aliphatic hydroxyl groups excluding tert-OH is 1. The van der Waals surface area contributed by atoms with Crippen molar-refractivity contribution in [1.29, 1.82) is 0 Å². The fraction of sp³-hybridized carbons (Fsp3) is 0.714. The third-order valence-corrected chi connectivity index (χ3v) is 2.43. The van der Waals surface area contributed by atoms with Crippen LogP contribution in [0.1, 0.15) is 58.8 Å². The van der Waals surface area contributed by atoms with Gasteiger partial charge in [-0.05, 0) is 33.1 Å². The third kappa shape index (κ3) is 13.4. The van der Waals surface area contributed by atoms with Gasteiger partial charge in [0.2, 0.25) is 0 Å². The molecule has 0 fully saturated rings. The van der Waals surface area contributed by atoms with E-state index in [2.05, 4.69) is 18.2 Å². The molecule has 0 aliphatic rings. The Balaban J connectivity index is 3.05. The van der Waals surface area contributed by atoms with Crippen molar-refractivity contribution < 1.29 is 5.11 Å². The molecule has 1 N–H and O–H groups in total. The first-order valence-electron chi connectivity index (χ1n) is 6.23. The van der Waals surface area contributed by atoms with Crippen molar-refractivity contribution in [2.75, 3.05) is 0 Å². The summed E-state index contributed by atoms with van der Waals surface area (Å²) in [5, 5.41) is 9.06. The maximum absolute atomic E-state index is 9.06. The van der Waals surface area contributed by atoms with E-state index in [0.29, 0.717) is 0 Å². The minimum Gasteiger partial charge on any atom is -0.393 e. The van der Waals surface area contributed by atoms with Crippen LogP contribution in [0.2, 0.25) is 0 Å². The lowest BCUT2D eigenvalue weighted by Gasteiger charge is -2.02. The molecule has 0 rings (SSSR count). The van der Waals surface area contributed by atoms with Gasteiger partial charge >= 0.3 is 0 Å². The largest absolute Gasteiger partial charge is 0.393 e. The van der Waals surface area contributed by atoms with E-state index in [1.54, 1.807) is 0 Å². The molecule has 0 aromatic heterocycles. The van der Waals surface area contributed by atoms with Gasteiger partial charge in [-0.25, -0.2) is 0 Å². The molecule has 1 nitrogen and oxygen atoms in total. The molecule has 0 bridgehead atoms. The molecule has 0 aromatic rings. The smallest absolute Gasteiger partial charge is 0.0512 e. The SMILES string of the molecule is CC=CC=CCCCCCCCC(C)O. The monoisotopic (exact) mass is 210 g/mol. The summed E-state index contributed by atoms with van der Waals surface area (Å²) in [6.45, 7) is 3.90. The van der Waals surface area contributed by atoms with Crippen LogP contribution in [0.25, 0.3) is 0 Å². The standard InChI is InChI=1S/C14H26O/c1-3-4-5-6-7-8-9-10-11-12-13-14(2)15/h3-6,14-15H,7-13H2,1-2H3. The van der Waals surface area contributed by atoms with Crippen molar-refractivity contribution >= 4 is 0 Å². The topological polar surface area (TPSA) is 20.2 Å². The van der Waals surface area contributed by atoms with Crippen LogP contribution in [-0.2, 0) is 0 Å². The molecule has 1 heteroatoms. The van der Waals surface area contributed by atoms with E-state index in [0.717, 1.165) is 6.42 Å². The Morgan fingerprint density at radius 3 is 2.33 bits per heavy atom. The highest BCUT2D eigenvalue weighted by molar-refractivity contribution is 5.00. The molecular weight excluding hydrogens is 184 g/mol. The summed E-state index contributed by atoms with van der Waals surface area (Å²) in [5.41, 5.74) is 0. The molecule has 0 radical (unpaired) electrons. The van der Waals surface area contributed by atoms with E-state index in [1.165, 1.54) is 38.5 Å². The van der Waals surface area contributed by atoms with Gasteiger partial charge < -0.3 is 5.11 Å². The molecule has 1 unspecified atom stereocenters. The molecule has 0 spiro atoms. The minimum absolute atomic E-state index is 0.117. The molecule has 15 heavy (non-hydrogen) atoms. The van der Waals surface area contributed by atoms with E-state index >= 15 is 0 Å². The number of aliphatic hydroxyl groups is 1. The lowest BCUT2D eigenvalue weighted by Crippen LogP contribution is -1.98. The summed E-state index contributed by atoms with van der Waals surface area (Å²) < 4.78 is 0. The van der Waals surface area contributed by atoms with Gasteiger partial charge in [-0.2, -0.15) is 0 Å². The van der Waals surface area contributed by atoms with Crippen LogP contribution in [0, 0.1) is 0 Å². The van der Waals surface area contributed by atoms with E-state index in [9.17, 15) is 0 Å². The number of hydrogen-bond acceptors (Lipinski definition) is 1. The average Bonchev–Trinajstić information content (AvgIpc) is 2.20. The molecule has 0 aliphatic carbocycles. The third-order valence-electron chi connectivity index (χ3n) is 2.43. The molecule has 1 atom stereocenters. The summed E-state index contributed by atoms with van der Waals surface area (Å²) >= 11 is 0. The second-order valence-electron chi connectivity index (χ2n) is 4.15. The number of unbranched alkanes of at least 4 members (excludes halogenated alkanes) is 5. The average molecular weight is 210 g/mol. The zero-order valence-electron chi connectivity index (χ0n) is 10.3. The Bertz CT molecular complexity index is 168. The van der Waals surface area contributed by atoms with Crippen molar-refractivity contribution in [3.05, 3.63) is 24.3 Å². The van der Waals surface area contributed by atoms with Crippen LogP contribution in [0.3, 0.4) is 0 Å². The highest BCUT2D eigenvalue weighted by atomic mass is 16.3. The van der Waals surface area contributed by atoms with Gasteiger partial charge in [0.1, 0.15) is 0 Å². The van der Waals surface area contributed by atoms with Crippen LogP contribution in [0.4, 0.5) is 0 Å². The van der Waals surface area contributed by atoms with Crippen LogP contribution in [0.5, 0.6) is 0 Å². The predicted octanol–water partition coefficient (Wildman–Crippen LogP) is 4.23. The molecule has 0 saturated heterocycles. The van der Waals surface area contributed by atoms with E-state index in [1.807, 2.05) is 19.9 Å². The van der Waals surface area contributed by atoms with Crippen LogP contribution in [-0.4, -0.2) is 11.2 Å². The fourth-order valence-corrected chi connectivity index (χ4v) is 1.52. The first-order chi connectivity index (χ1) is 7.27. The van der Waals surface area contributed by atoms with Crippen LogP contribution < -0.4 is 0 Å². The van der Waals surface area contributed by atoms with Gasteiger partial charge in [0.25, 0.3) is 0 Å². The maximum atomic E-state index is 9.06. The second kappa shape index (κ2) is 11.5. The predicted molar refractivity (Wildman–Crippen MR) is 68.0 cm³/mol. The van der Waals surface area contributed by atoms with E-state index in [4.69, 9.17) is 5.11 Å². The number of rotatable bonds is 9. The Labute approximate surface area is 94.9 Å². The summed E-state index contributed by atoms with van der Waals surface area (Å²) in [4.78, 5) is 0. The lowest BCUT2D eigenvalue weighted by atomic mass is 10.1. The van der Waals surface area contributed by atoms with Gasteiger partial charge in [-0.3, -0.25) is 0 Å². The summed E-state index contributed by atoms with van der Waals surface area (Å²) in [6.07, 6.45) is 16.9. The molecule has 0 aliphatic heterocycles. The van der Waals surface area contributed by atoms with Gasteiger partial charge in [-0.15, -0.1) is 0 Å². The molecule has 0 heterocycles. The first kappa shape index (κ1) is 14.4. The Kier molecular flexibility index (Phi) is 11.1. The zero-order chi connectivity index (χ0) is 11.4. The number of allylic oxidation sites excluding steroid dienone is 4. The van der Waals surface area contributed by atoms with Gasteiger partial charge in [-0.1, -0.05) is 50.0 Å². The second-order valence-corrected chi connectivity index (χ2v) is 4.15. The van der Waals surface area contributed by atoms with Crippen molar-refractivity contribution in [1.82, 2.24) is 0 Å². The number of hydrogen-bond donors (Lipinski definition) is 1. The maximum Gasteiger partial charge on any atom is 0.0512 e. The van der Waals surface area contributed by atoms with Crippen molar-refractivity contribution in [2.24, 2.45) is 0 Å². The molecule has 0 aromatic carbocycles. The minimum atomic E-state index is -0.117. The molecule has 0 saturated carbocycles. The van der Waals surface area contributed by atoms with Gasteiger partial charge in [0, 0.05) is 0 Å². The fourth-order valence-electron chi connectivity index (χ4n) is 1.52. The zero-order valence-corrected chi connectivity index (χ0v) is 10.3. The van der Waals surface area contributed by atoms with Crippen molar-refractivity contribution in [3.63, 3.8) is 0 Å². The summed E-state index contributed by atoms with van der Waals surface area (Å²) in [6, 6.07) is 0. The highest BCUT2D eigenvalue weighted by Crippen LogP contribution is 2.08. The Morgan fingerprint density at radius 1 is 1.00 bits per heavy atom. The van der Waals surface area contributed by atoms with Crippen LogP contribution >= 0.6 is 0 Å². The van der Waals surface area contributed by atoms with Crippen LogP contribution in [0.15, 0.2) is 24.3 Å². The van der Waals surface area contributed by atoms with Crippen molar-refractivity contribution in [2.45, 2.75) is 64.9 Å². The molecular formula is C14H26O. The highest BCUT2D eigenvalue weighted by Gasteiger charge is 1.94. The Morgan fingerprint density at radius 2 is 1.67 bits per heavy atom. The summed E-state index contributed by atoms with van der Waals surface area (Å²) in [7, 11) is 0. The Hall–Kier alpha value is -0.560. The van der Waals surface area contributed by atoms with Crippen molar-refractivity contribution in [3.8, 4) is 0 Å². The van der Waals surface area contributed by atoms with Gasteiger partial charge in [0.05, 0.1) is 6.10 Å². The normalized spacial score (nSPS) is 14.1. The van der Waals surface area contributed by atoms with E-state index in [-0.39, 0.29) is 6.10 Å². The molecule has 88 valence electrons. The molecule has 0 amide bonds. The quantitative estimate of drug-likeness (QED) is 0.446. The first-order valence-corrected chi connectivity index (χ1v) is 6.23.